The second-order valence-corrected chi connectivity index (χ2v) is 7.71. The van der Waals surface area contributed by atoms with Crippen LogP contribution in [-0.2, 0) is 16.0 Å². The topological polar surface area (TPSA) is 126 Å². The maximum absolute atomic E-state index is 13.1. The van der Waals surface area contributed by atoms with Crippen LogP contribution in [0.5, 0.6) is 11.5 Å². The largest absolute Gasteiger partial charge is 0.493 e. The minimum Gasteiger partial charge on any atom is -0.493 e. The van der Waals surface area contributed by atoms with Crippen molar-refractivity contribution in [2.45, 2.75) is 12.5 Å². The van der Waals surface area contributed by atoms with E-state index in [1.807, 2.05) is 30.3 Å². The number of hydroxylamine groups is 1. The predicted molar refractivity (Wildman–Crippen MR) is 135 cm³/mol. The summed E-state index contributed by atoms with van der Waals surface area (Å²) in [6.07, 6.45) is 3.22. The first-order valence-corrected chi connectivity index (χ1v) is 11.0. The summed E-state index contributed by atoms with van der Waals surface area (Å²) in [6, 6.07) is 19.7. The van der Waals surface area contributed by atoms with Gasteiger partial charge in [0.25, 0.3) is 5.91 Å². The normalized spacial score (nSPS) is 11.4. The van der Waals surface area contributed by atoms with Gasteiger partial charge in [-0.05, 0) is 53.6 Å². The summed E-state index contributed by atoms with van der Waals surface area (Å²) < 4.78 is 10.5. The predicted octanol–water partition coefficient (Wildman–Crippen LogP) is 3.20. The molecule has 186 valence electrons. The molecule has 3 rings (SSSR count). The molecule has 4 N–H and O–H groups in total. The Morgan fingerprint density at radius 1 is 0.917 bits per heavy atom. The summed E-state index contributed by atoms with van der Waals surface area (Å²) in [6.45, 7) is 0. The van der Waals surface area contributed by atoms with Gasteiger partial charge >= 0.3 is 0 Å². The van der Waals surface area contributed by atoms with Crippen LogP contribution < -0.4 is 25.6 Å². The van der Waals surface area contributed by atoms with E-state index in [1.54, 1.807) is 36.9 Å². The highest BCUT2D eigenvalue weighted by molar-refractivity contribution is 6.00. The molecular formula is C27H27N3O6. The third-order valence-corrected chi connectivity index (χ3v) is 5.27. The number of ether oxygens (including phenoxy) is 2. The fourth-order valence-corrected chi connectivity index (χ4v) is 3.41. The van der Waals surface area contributed by atoms with Crippen LogP contribution in [0.15, 0.2) is 78.9 Å². The summed E-state index contributed by atoms with van der Waals surface area (Å²) in [5.74, 6) is -0.433. The van der Waals surface area contributed by atoms with Gasteiger partial charge < -0.3 is 20.1 Å². The van der Waals surface area contributed by atoms with E-state index < -0.39 is 23.8 Å². The molecule has 0 aliphatic heterocycles. The lowest BCUT2D eigenvalue weighted by Gasteiger charge is -2.18. The zero-order chi connectivity index (χ0) is 25.9. The molecule has 0 saturated heterocycles. The first-order valence-electron chi connectivity index (χ1n) is 11.0. The van der Waals surface area contributed by atoms with Crippen LogP contribution in [0, 0.1) is 0 Å². The van der Waals surface area contributed by atoms with Crippen LogP contribution in [0.3, 0.4) is 0 Å². The summed E-state index contributed by atoms with van der Waals surface area (Å²) >= 11 is 0. The molecule has 0 aliphatic carbocycles. The van der Waals surface area contributed by atoms with Crippen LogP contribution in [-0.4, -0.2) is 43.2 Å². The number of anilines is 1. The van der Waals surface area contributed by atoms with E-state index >= 15 is 0 Å². The molecule has 0 aromatic heterocycles. The van der Waals surface area contributed by atoms with Crippen molar-refractivity contribution in [1.82, 2.24) is 10.8 Å². The Balaban J connectivity index is 1.73. The standard InChI is InChI=1S/C27H27N3O6/c1-35-23-14-8-19(17-24(23)36-2)9-15-25(31)29-22(16-18-6-4-3-5-7-18)27(33)28-21-12-10-20(11-13-21)26(32)30-34/h3-15,17,22,34H,16H2,1-2H3,(H,28,33)(H,29,31)(H,30,32)/b15-9+/t22-/m0/s1. The van der Waals surface area contributed by atoms with E-state index in [2.05, 4.69) is 10.6 Å². The van der Waals surface area contributed by atoms with Gasteiger partial charge in [-0.1, -0.05) is 36.4 Å². The molecule has 36 heavy (non-hydrogen) atoms. The highest BCUT2D eigenvalue weighted by Crippen LogP contribution is 2.27. The Morgan fingerprint density at radius 3 is 2.25 bits per heavy atom. The van der Waals surface area contributed by atoms with Crippen molar-refractivity contribution in [3.05, 3.63) is 95.6 Å². The monoisotopic (exact) mass is 489 g/mol. The first kappa shape index (κ1) is 26.0. The van der Waals surface area contributed by atoms with Gasteiger partial charge in [0.05, 0.1) is 14.2 Å². The fraction of sp³-hybridized carbons (Fsp3) is 0.148. The van der Waals surface area contributed by atoms with Crippen molar-refractivity contribution in [2.75, 3.05) is 19.5 Å². The molecule has 3 amide bonds. The molecule has 0 bridgehead atoms. The lowest BCUT2D eigenvalue weighted by atomic mass is 10.0. The number of hydrogen-bond acceptors (Lipinski definition) is 6. The quantitative estimate of drug-likeness (QED) is 0.197. The van der Waals surface area contributed by atoms with Gasteiger partial charge in [-0.2, -0.15) is 0 Å². The number of hydrogen-bond donors (Lipinski definition) is 4. The van der Waals surface area contributed by atoms with E-state index in [4.69, 9.17) is 14.7 Å². The average molecular weight is 490 g/mol. The molecule has 0 unspecified atom stereocenters. The van der Waals surface area contributed by atoms with Gasteiger partial charge in [-0.25, -0.2) is 5.48 Å². The third kappa shape index (κ3) is 7.18. The number of rotatable bonds is 10. The molecule has 1 atom stereocenters. The van der Waals surface area contributed by atoms with Gasteiger partial charge in [0.1, 0.15) is 6.04 Å². The Labute approximate surface area is 208 Å². The summed E-state index contributed by atoms with van der Waals surface area (Å²) in [5.41, 5.74) is 3.80. The molecule has 0 spiro atoms. The molecule has 0 heterocycles. The van der Waals surface area contributed by atoms with Gasteiger partial charge in [0.15, 0.2) is 11.5 Å². The van der Waals surface area contributed by atoms with Crippen LogP contribution >= 0.6 is 0 Å². The maximum atomic E-state index is 13.1. The van der Waals surface area contributed by atoms with Gasteiger partial charge in [-0.15, -0.1) is 0 Å². The van der Waals surface area contributed by atoms with E-state index in [-0.39, 0.29) is 12.0 Å². The number of carbonyl (C=O) groups excluding carboxylic acids is 3. The van der Waals surface area contributed by atoms with Crippen molar-refractivity contribution in [1.29, 1.82) is 0 Å². The number of benzene rings is 3. The number of amides is 3. The Hall–Kier alpha value is -4.63. The molecule has 0 fully saturated rings. The second-order valence-electron chi connectivity index (χ2n) is 7.71. The molecule has 9 heteroatoms. The highest BCUT2D eigenvalue weighted by atomic mass is 16.5. The van der Waals surface area contributed by atoms with Gasteiger partial charge in [0, 0.05) is 23.7 Å². The second kappa shape index (κ2) is 12.7. The molecule has 3 aromatic carbocycles. The Kier molecular flexibility index (Phi) is 9.19. The summed E-state index contributed by atoms with van der Waals surface area (Å²) in [5, 5.41) is 14.2. The molecule has 0 aliphatic rings. The minimum atomic E-state index is -0.865. The van der Waals surface area contributed by atoms with E-state index in [0.29, 0.717) is 17.2 Å². The molecular weight excluding hydrogens is 462 g/mol. The number of carbonyl (C=O) groups is 3. The van der Waals surface area contributed by atoms with Crippen LogP contribution in [0.25, 0.3) is 6.08 Å². The molecule has 3 aromatic rings. The van der Waals surface area contributed by atoms with Crippen molar-refractivity contribution in [3.63, 3.8) is 0 Å². The molecule has 9 nitrogen and oxygen atoms in total. The highest BCUT2D eigenvalue weighted by Gasteiger charge is 2.21. The van der Waals surface area contributed by atoms with Gasteiger partial charge in [-0.3, -0.25) is 19.6 Å². The van der Waals surface area contributed by atoms with E-state index in [9.17, 15) is 14.4 Å². The van der Waals surface area contributed by atoms with Crippen LogP contribution in [0.1, 0.15) is 21.5 Å². The Bertz CT molecular complexity index is 1230. The van der Waals surface area contributed by atoms with Crippen molar-refractivity contribution >= 4 is 29.5 Å². The maximum Gasteiger partial charge on any atom is 0.274 e. The molecule has 0 saturated carbocycles. The smallest absolute Gasteiger partial charge is 0.274 e. The number of nitrogens with one attached hydrogen (secondary N) is 3. The van der Waals surface area contributed by atoms with Crippen LogP contribution in [0.2, 0.25) is 0 Å². The SMILES string of the molecule is COc1ccc(/C=C/C(=O)N[C@@H](Cc2ccccc2)C(=O)Nc2ccc(C(=O)NO)cc2)cc1OC. The van der Waals surface area contributed by atoms with Crippen molar-refractivity contribution in [2.24, 2.45) is 0 Å². The van der Waals surface area contributed by atoms with E-state index in [1.165, 1.54) is 37.5 Å². The van der Waals surface area contributed by atoms with E-state index in [0.717, 1.165) is 11.1 Å². The lowest BCUT2D eigenvalue weighted by Crippen LogP contribution is -2.44. The summed E-state index contributed by atoms with van der Waals surface area (Å²) in [7, 11) is 3.07. The zero-order valence-corrected chi connectivity index (χ0v) is 19.9. The Morgan fingerprint density at radius 2 is 1.61 bits per heavy atom. The van der Waals surface area contributed by atoms with Crippen molar-refractivity contribution in [3.8, 4) is 11.5 Å². The third-order valence-electron chi connectivity index (χ3n) is 5.27. The summed E-state index contributed by atoms with van der Waals surface area (Å²) in [4.78, 5) is 37.3. The molecule has 0 radical (unpaired) electrons. The average Bonchev–Trinajstić information content (AvgIpc) is 2.91. The number of methoxy groups -OCH3 is 2. The lowest BCUT2D eigenvalue weighted by molar-refractivity contribution is -0.123. The fourth-order valence-electron chi connectivity index (χ4n) is 3.41. The minimum absolute atomic E-state index is 0.227. The first-order chi connectivity index (χ1) is 17.4. The van der Waals surface area contributed by atoms with Gasteiger partial charge in [0.2, 0.25) is 11.8 Å². The van der Waals surface area contributed by atoms with Crippen LogP contribution in [0.4, 0.5) is 5.69 Å². The zero-order valence-electron chi connectivity index (χ0n) is 19.9. The van der Waals surface area contributed by atoms with Crippen molar-refractivity contribution < 1.29 is 29.1 Å².